The molecule has 12 heavy (non-hydrogen) atoms. The third-order valence-corrected chi connectivity index (χ3v) is 3.68. The van der Waals surface area contributed by atoms with Crippen LogP contribution >= 0.6 is 0 Å². The largest absolute Gasteiger partial charge is 0.311 e. The molecule has 1 aliphatic heterocycles. The minimum absolute atomic E-state index is 0.424. The Hall–Kier alpha value is -0.0400. The summed E-state index contributed by atoms with van der Waals surface area (Å²) in [5, 5.41) is 3.62. The lowest BCUT2D eigenvalue weighted by Crippen LogP contribution is -2.31. The minimum atomic E-state index is 0.424. The monoisotopic (exact) mass is 167 g/mol. The van der Waals surface area contributed by atoms with Crippen LogP contribution in [0, 0.1) is 11.8 Å². The van der Waals surface area contributed by atoms with Gasteiger partial charge in [0.05, 0.1) is 0 Å². The molecule has 1 nitrogen and oxygen atoms in total. The third kappa shape index (κ3) is 1.66. The van der Waals surface area contributed by atoms with E-state index in [2.05, 4.69) is 19.2 Å². The van der Waals surface area contributed by atoms with E-state index in [0.717, 1.165) is 11.8 Å². The van der Waals surface area contributed by atoms with Crippen molar-refractivity contribution in [3.63, 3.8) is 0 Å². The molecule has 0 spiro atoms. The highest BCUT2D eigenvalue weighted by Crippen LogP contribution is 2.37. The first kappa shape index (κ1) is 8.55. The molecule has 0 aromatic carbocycles. The fraction of sp³-hybridized carbons (Fsp3) is 1.00. The second-order valence-electron chi connectivity index (χ2n) is 5.27. The molecule has 1 heteroatoms. The predicted molar refractivity (Wildman–Crippen MR) is 52.1 cm³/mol. The van der Waals surface area contributed by atoms with Crippen LogP contribution in [-0.4, -0.2) is 12.1 Å². The van der Waals surface area contributed by atoms with E-state index in [0.29, 0.717) is 5.54 Å². The maximum Gasteiger partial charge on any atom is 0.0128 e. The van der Waals surface area contributed by atoms with Crippen molar-refractivity contribution >= 4 is 0 Å². The van der Waals surface area contributed by atoms with Crippen LogP contribution in [0.4, 0.5) is 0 Å². The highest BCUT2D eigenvalue weighted by molar-refractivity contribution is 4.92. The van der Waals surface area contributed by atoms with Crippen LogP contribution in [0.3, 0.4) is 0 Å². The summed E-state index contributed by atoms with van der Waals surface area (Å²) in [6.07, 6.45) is 7.38. The summed E-state index contributed by atoms with van der Waals surface area (Å²) in [6, 6.07) is 0. The van der Waals surface area contributed by atoms with Crippen molar-refractivity contribution in [1.82, 2.24) is 5.32 Å². The van der Waals surface area contributed by atoms with Gasteiger partial charge in [-0.25, -0.2) is 0 Å². The van der Waals surface area contributed by atoms with E-state index in [1.807, 2.05) is 0 Å². The summed E-state index contributed by atoms with van der Waals surface area (Å²) in [7, 11) is 0. The third-order valence-electron chi connectivity index (χ3n) is 3.68. The van der Waals surface area contributed by atoms with Gasteiger partial charge in [-0.1, -0.05) is 25.7 Å². The Morgan fingerprint density at radius 2 is 1.75 bits per heavy atom. The molecule has 0 bridgehead atoms. The van der Waals surface area contributed by atoms with Crippen molar-refractivity contribution < 1.29 is 0 Å². The Balaban J connectivity index is 1.90. The number of rotatable bonds is 1. The highest BCUT2D eigenvalue weighted by atomic mass is 15.0. The van der Waals surface area contributed by atoms with Gasteiger partial charge < -0.3 is 5.32 Å². The molecule has 1 aliphatic carbocycles. The zero-order valence-electron chi connectivity index (χ0n) is 8.40. The molecule has 1 saturated heterocycles. The van der Waals surface area contributed by atoms with E-state index in [9.17, 15) is 0 Å². The summed E-state index contributed by atoms with van der Waals surface area (Å²) in [4.78, 5) is 0. The quantitative estimate of drug-likeness (QED) is 0.633. The molecule has 0 amide bonds. The van der Waals surface area contributed by atoms with Crippen molar-refractivity contribution in [3.05, 3.63) is 0 Å². The van der Waals surface area contributed by atoms with Gasteiger partial charge in [0.25, 0.3) is 0 Å². The molecule has 2 rings (SSSR count). The predicted octanol–water partition coefficient (Wildman–Crippen LogP) is 2.56. The molecule has 1 atom stereocenters. The lowest BCUT2D eigenvalue weighted by atomic mass is 9.86. The van der Waals surface area contributed by atoms with Crippen LogP contribution in [0.5, 0.6) is 0 Å². The van der Waals surface area contributed by atoms with Crippen molar-refractivity contribution in [2.75, 3.05) is 6.54 Å². The average molecular weight is 167 g/mol. The van der Waals surface area contributed by atoms with E-state index >= 15 is 0 Å². The fourth-order valence-corrected chi connectivity index (χ4v) is 2.97. The zero-order valence-corrected chi connectivity index (χ0v) is 8.40. The van der Waals surface area contributed by atoms with Crippen molar-refractivity contribution in [2.24, 2.45) is 11.8 Å². The molecular formula is C11H21N. The molecule has 1 heterocycles. The lowest BCUT2D eigenvalue weighted by Gasteiger charge is -2.20. The lowest BCUT2D eigenvalue weighted by molar-refractivity contribution is 0.343. The molecule has 0 aromatic heterocycles. The Morgan fingerprint density at radius 3 is 2.25 bits per heavy atom. The molecule has 0 radical (unpaired) electrons. The standard InChI is InChI=1S/C11H21N/c1-11(2)7-10(8-12-11)9-5-3-4-6-9/h9-10,12H,3-8H2,1-2H3. The minimum Gasteiger partial charge on any atom is -0.311 e. The summed E-state index contributed by atoms with van der Waals surface area (Å²) >= 11 is 0. The van der Waals surface area contributed by atoms with E-state index in [1.54, 1.807) is 0 Å². The molecule has 70 valence electrons. The van der Waals surface area contributed by atoms with Gasteiger partial charge in [-0.2, -0.15) is 0 Å². The van der Waals surface area contributed by atoms with Crippen molar-refractivity contribution in [2.45, 2.75) is 51.5 Å². The first-order valence-corrected chi connectivity index (χ1v) is 5.42. The average Bonchev–Trinajstić information content (AvgIpc) is 2.55. The maximum atomic E-state index is 3.62. The van der Waals surface area contributed by atoms with Crippen LogP contribution in [0.15, 0.2) is 0 Å². The second-order valence-corrected chi connectivity index (χ2v) is 5.27. The maximum absolute atomic E-state index is 3.62. The van der Waals surface area contributed by atoms with Crippen LogP contribution < -0.4 is 5.32 Å². The number of hydrogen-bond donors (Lipinski definition) is 1. The molecular weight excluding hydrogens is 146 g/mol. The zero-order chi connectivity index (χ0) is 8.60. The molecule has 0 aromatic rings. The molecule has 1 saturated carbocycles. The van der Waals surface area contributed by atoms with E-state index in [1.165, 1.54) is 38.6 Å². The second kappa shape index (κ2) is 3.02. The van der Waals surface area contributed by atoms with Gasteiger partial charge >= 0.3 is 0 Å². The first-order chi connectivity index (χ1) is 5.67. The van der Waals surface area contributed by atoms with E-state index in [-0.39, 0.29) is 0 Å². The normalized spacial score (nSPS) is 36.0. The van der Waals surface area contributed by atoms with Gasteiger partial charge in [0.15, 0.2) is 0 Å². The van der Waals surface area contributed by atoms with Gasteiger partial charge in [-0.3, -0.25) is 0 Å². The van der Waals surface area contributed by atoms with Crippen molar-refractivity contribution in [1.29, 1.82) is 0 Å². The topological polar surface area (TPSA) is 12.0 Å². The first-order valence-electron chi connectivity index (χ1n) is 5.42. The smallest absolute Gasteiger partial charge is 0.0128 e. The van der Waals surface area contributed by atoms with Crippen LogP contribution in [0.25, 0.3) is 0 Å². The summed E-state index contributed by atoms with van der Waals surface area (Å²) in [6.45, 7) is 5.95. The molecule has 2 aliphatic rings. The van der Waals surface area contributed by atoms with Gasteiger partial charge in [-0.15, -0.1) is 0 Å². The molecule has 1 unspecified atom stereocenters. The number of nitrogens with one attached hydrogen (secondary N) is 1. The van der Waals surface area contributed by atoms with E-state index < -0.39 is 0 Å². The van der Waals surface area contributed by atoms with Crippen LogP contribution in [0.1, 0.15) is 46.0 Å². The molecule has 2 fully saturated rings. The van der Waals surface area contributed by atoms with Gasteiger partial charge in [-0.05, 0) is 38.6 Å². The van der Waals surface area contributed by atoms with Gasteiger partial charge in [0.2, 0.25) is 0 Å². The summed E-state index contributed by atoms with van der Waals surface area (Å²) < 4.78 is 0. The van der Waals surface area contributed by atoms with Crippen LogP contribution in [0.2, 0.25) is 0 Å². The van der Waals surface area contributed by atoms with Crippen LogP contribution in [-0.2, 0) is 0 Å². The fourth-order valence-electron chi connectivity index (χ4n) is 2.97. The Labute approximate surface area is 75.9 Å². The van der Waals surface area contributed by atoms with Crippen molar-refractivity contribution in [3.8, 4) is 0 Å². The highest BCUT2D eigenvalue weighted by Gasteiger charge is 2.35. The Morgan fingerprint density at radius 1 is 1.08 bits per heavy atom. The molecule has 1 N–H and O–H groups in total. The van der Waals surface area contributed by atoms with Gasteiger partial charge in [0, 0.05) is 5.54 Å². The van der Waals surface area contributed by atoms with E-state index in [4.69, 9.17) is 0 Å². The Bertz CT molecular complexity index is 156. The van der Waals surface area contributed by atoms with Gasteiger partial charge in [0.1, 0.15) is 0 Å². The Kier molecular flexibility index (Phi) is 2.16. The number of hydrogen-bond acceptors (Lipinski definition) is 1. The summed E-state index contributed by atoms with van der Waals surface area (Å²) in [5.74, 6) is 2.04. The summed E-state index contributed by atoms with van der Waals surface area (Å²) in [5.41, 5.74) is 0.424. The SMILES string of the molecule is CC1(C)CC(C2CCCC2)CN1.